The molecule has 0 N–H and O–H groups in total. The molecule has 11 rings (SSSR count). The van der Waals surface area contributed by atoms with Crippen LogP contribution in [-0.4, -0.2) is 0 Å². The van der Waals surface area contributed by atoms with Gasteiger partial charge in [0.1, 0.15) is 11.2 Å². The van der Waals surface area contributed by atoms with Gasteiger partial charge in [-0.25, -0.2) is 0 Å². The summed E-state index contributed by atoms with van der Waals surface area (Å²) in [6, 6.07) is 54.8. The Hall–Kier alpha value is -8.32. The number of nitrogens with zero attached hydrogens (tertiary/aromatic N) is 4. The first-order valence-corrected chi connectivity index (χ1v) is 21.5. The highest BCUT2D eigenvalue weighted by atomic mass is 16.4. The summed E-state index contributed by atoms with van der Waals surface area (Å²) in [6.45, 7) is 12.9. The first-order valence-electron chi connectivity index (χ1n) is 21.5. The van der Waals surface area contributed by atoms with Gasteiger partial charge < -0.3 is 18.6 Å². The van der Waals surface area contributed by atoms with Crippen LogP contribution in [0.15, 0.2) is 154 Å². The van der Waals surface area contributed by atoms with Gasteiger partial charge in [-0.15, -0.1) is 0 Å². The third-order valence-corrected chi connectivity index (χ3v) is 13.4. The molecule has 11 aromatic rings. The first kappa shape index (κ1) is 38.6. The van der Waals surface area contributed by atoms with E-state index in [1.165, 1.54) is 33.4 Å². The Kier molecular flexibility index (Phi) is 8.84. The van der Waals surface area contributed by atoms with E-state index in [0.29, 0.717) is 22.3 Å². The van der Waals surface area contributed by atoms with Crippen molar-refractivity contribution in [3.63, 3.8) is 0 Å². The second-order valence-electron chi connectivity index (χ2n) is 17.0. The average molecular weight is 827 g/mol. The standard InChI is InChI=1S/C58H42N4O2/c1-33-25-43(26-34(2)37(33)5)61(41-19-15-39(31-59)16-20-41)51-29-53-55(47-13-9-7-11-45(47)51)49-23-24-50-56-48-14-10-8-12-46(48)52(30-54(56)64-58(50)57(49)63-53)62(42-21-17-40(32-60)18-22-42)44-27-35(3)38(6)36(4)28-44/h7-30H,1-6H3. The fourth-order valence-corrected chi connectivity index (χ4v) is 9.64. The van der Waals surface area contributed by atoms with Gasteiger partial charge in [0.25, 0.3) is 0 Å². The van der Waals surface area contributed by atoms with Crippen molar-refractivity contribution in [3.05, 3.63) is 190 Å². The summed E-state index contributed by atoms with van der Waals surface area (Å²) in [7, 11) is 0. The van der Waals surface area contributed by atoms with E-state index < -0.39 is 0 Å². The Labute approximate surface area is 371 Å². The molecular weight excluding hydrogens is 785 g/mol. The van der Waals surface area contributed by atoms with E-state index in [1.807, 2.05) is 48.5 Å². The molecule has 0 saturated carbocycles. The molecule has 2 heterocycles. The Balaban J connectivity index is 1.18. The average Bonchev–Trinajstić information content (AvgIpc) is 3.89. The molecule has 9 aromatic carbocycles. The van der Waals surface area contributed by atoms with Crippen LogP contribution in [0.2, 0.25) is 0 Å². The zero-order valence-corrected chi connectivity index (χ0v) is 36.5. The van der Waals surface area contributed by atoms with Gasteiger partial charge in [0, 0.05) is 67.2 Å². The van der Waals surface area contributed by atoms with Crippen LogP contribution in [0.4, 0.5) is 34.1 Å². The van der Waals surface area contributed by atoms with Crippen molar-refractivity contribution in [1.82, 2.24) is 0 Å². The van der Waals surface area contributed by atoms with Crippen LogP contribution in [0.3, 0.4) is 0 Å². The van der Waals surface area contributed by atoms with Crippen LogP contribution in [-0.2, 0) is 0 Å². The first-order chi connectivity index (χ1) is 31.1. The normalized spacial score (nSPS) is 11.6. The second kappa shape index (κ2) is 14.7. The maximum atomic E-state index is 9.69. The quantitative estimate of drug-likeness (QED) is 0.166. The molecular formula is C58H42N4O2. The lowest BCUT2D eigenvalue weighted by atomic mass is 9.98. The number of benzene rings is 9. The summed E-state index contributed by atoms with van der Waals surface area (Å²) in [5.74, 6) is 0. The smallest absolute Gasteiger partial charge is 0.178 e. The van der Waals surface area contributed by atoms with E-state index in [0.717, 1.165) is 88.4 Å². The molecule has 0 aliphatic carbocycles. The molecule has 6 nitrogen and oxygen atoms in total. The van der Waals surface area contributed by atoms with E-state index in [4.69, 9.17) is 8.83 Å². The van der Waals surface area contributed by atoms with Crippen molar-refractivity contribution in [1.29, 1.82) is 10.5 Å². The maximum Gasteiger partial charge on any atom is 0.178 e. The van der Waals surface area contributed by atoms with Crippen molar-refractivity contribution in [2.24, 2.45) is 0 Å². The highest BCUT2D eigenvalue weighted by Gasteiger charge is 2.26. The Morgan fingerprint density at radius 3 is 1.06 bits per heavy atom. The highest BCUT2D eigenvalue weighted by Crippen LogP contribution is 2.49. The number of anilines is 6. The van der Waals surface area contributed by atoms with Gasteiger partial charge in [0.15, 0.2) is 11.2 Å². The van der Waals surface area contributed by atoms with Crippen LogP contribution >= 0.6 is 0 Å². The van der Waals surface area contributed by atoms with Gasteiger partial charge in [-0.1, -0.05) is 48.5 Å². The van der Waals surface area contributed by atoms with Gasteiger partial charge in [0.2, 0.25) is 0 Å². The fraction of sp³-hybridized carbons (Fsp3) is 0.103. The van der Waals surface area contributed by atoms with Crippen molar-refractivity contribution in [2.75, 3.05) is 9.80 Å². The molecule has 0 atom stereocenters. The summed E-state index contributed by atoms with van der Waals surface area (Å²) in [5.41, 5.74) is 17.3. The molecule has 0 spiro atoms. The summed E-state index contributed by atoms with van der Waals surface area (Å²) in [4.78, 5) is 4.55. The molecule has 6 heteroatoms. The van der Waals surface area contributed by atoms with Crippen LogP contribution in [0.5, 0.6) is 0 Å². The molecule has 0 amide bonds. The Morgan fingerprint density at radius 1 is 0.375 bits per heavy atom. The van der Waals surface area contributed by atoms with Crippen LogP contribution in [0.1, 0.15) is 44.5 Å². The van der Waals surface area contributed by atoms with E-state index in [1.54, 1.807) is 0 Å². The minimum atomic E-state index is 0.606. The topological polar surface area (TPSA) is 80.3 Å². The van der Waals surface area contributed by atoms with E-state index >= 15 is 0 Å². The maximum absolute atomic E-state index is 9.69. The number of fused-ring (bicyclic) bond motifs is 11. The number of hydrogen-bond acceptors (Lipinski definition) is 6. The monoisotopic (exact) mass is 826 g/mol. The van der Waals surface area contributed by atoms with E-state index in [2.05, 4.69) is 161 Å². The number of rotatable bonds is 6. The van der Waals surface area contributed by atoms with Crippen LogP contribution < -0.4 is 9.80 Å². The van der Waals surface area contributed by atoms with Crippen molar-refractivity contribution in [3.8, 4) is 12.1 Å². The minimum Gasteiger partial charge on any atom is -0.452 e. The highest BCUT2D eigenvalue weighted by molar-refractivity contribution is 6.29. The molecule has 0 bridgehead atoms. The van der Waals surface area contributed by atoms with Crippen molar-refractivity contribution >= 4 is 99.5 Å². The SMILES string of the molecule is Cc1cc(N(c2ccc(C#N)cc2)c2cc3oc4c(ccc5c4oc4cc(N(c6ccc(C#N)cc6)c6cc(C)c(C)c(C)c6)c6ccccc6c45)c3c3ccccc23)cc(C)c1C. The summed E-state index contributed by atoms with van der Waals surface area (Å²) in [5, 5.41) is 27.7. The number of aryl methyl sites for hydroxylation is 4. The molecule has 64 heavy (non-hydrogen) atoms. The lowest BCUT2D eigenvalue weighted by molar-refractivity contribution is 0.633. The second-order valence-corrected chi connectivity index (χ2v) is 17.0. The molecule has 0 aliphatic rings. The summed E-state index contributed by atoms with van der Waals surface area (Å²) in [6.07, 6.45) is 0. The van der Waals surface area contributed by atoms with Crippen LogP contribution in [0, 0.1) is 64.2 Å². The minimum absolute atomic E-state index is 0.606. The van der Waals surface area contributed by atoms with Gasteiger partial charge >= 0.3 is 0 Å². The fourth-order valence-electron chi connectivity index (χ4n) is 9.64. The number of hydrogen-bond donors (Lipinski definition) is 0. The van der Waals surface area contributed by atoms with E-state index in [9.17, 15) is 10.5 Å². The predicted molar refractivity (Wildman–Crippen MR) is 263 cm³/mol. The number of furan rings is 2. The molecule has 306 valence electrons. The molecule has 0 unspecified atom stereocenters. The summed E-state index contributed by atoms with van der Waals surface area (Å²) < 4.78 is 14.1. The lowest BCUT2D eigenvalue weighted by Gasteiger charge is -2.28. The lowest BCUT2D eigenvalue weighted by Crippen LogP contribution is -2.11. The molecule has 0 aliphatic heterocycles. The number of nitriles is 2. The molecule has 0 fully saturated rings. The Bertz CT molecular complexity index is 3520. The van der Waals surface area contributed by atoms with Gasteiger partial charge in [-0.2, -0.15) is 10.5 Å². The predicted octanol–water partition coefficient (Wildman–Crippen LogP) is 16.3. The third-order valence-electron chi connectivity index (χ3n) is 13.4. The Morgan fingerprint density at radius 2 is 0.719 bits per heavy atom. The van der Waals surface area contributed by atoms with Crippen molar-refractivity contribution in [2.45, 2.75) is 41.5 Å². The third kappa shape index (κ3) is 5.92. The zero-order chi connectivity index (χ0) is 44.0. The summed E-state index contributed by atoms with van der Waals surface area (Å²) >= 11 is 0. The van der Waals surface area contributed by atoms with E-state index in [-0.39, 0.29) is 0 Å². The zero-order valence-electron chi connectivity index (χ0n) is 36.5. The molecule has 0 saturated heterocycles. The van der Waals surface area contributed by atoms with Gasteiger partial charge in [-0.3, -0.25) is 0 Å². The molecule has 2 aromatic heterocycles. The van der Waals surface area contributed by atoms with Gasteiger partial charge in [0.05, 0.1) is 34.6 Å². The van der Waals surface area contributed by atoms with Crippen molar-refractivity contribution < 1.29 is 8.83 Å². The van der Waals surface area contributed by atoms with Gasteiger partial charge in [-0.05, 0) is 171 Å². The van der Waals surface area contributed by atoms with Crippen LogP contribution in [0.25, 0.3) is 65.4 Å². The molecule has 0 radical (unpaired) electrons. The largest absolute Gasteiger partial charge is 0.452 e.